The van der Waals surface area contributed by atoms with Gasteiger partial charge in [-0.15, -0.1) is 5.10 Å². The number of aliphatic hydroxyl groups excluding tert-OH is 1. The number of fused-ring (bicyclic) bond motifs is 1. The number of nitrogens with zero attached hydrogens (tertiary/aromatic N) is 4. The van der Waals surface area contributed by atoms with E-state index in [1.165, 1.54) is 12.8 Å². The fourth-order valence-corrected chi connectivity index (χ4v) is 3.17. The van der Waals surface area contributed by atoms with Crippen LogP contribution in [0.1, 0.15) is 25.7 Å². The third kappa shape index (κ3) is 3.01. The number of piperidine rings is 1. The van der Waals surface area contributed by atoms with Crippen molar-refractivity contribution in [3.63, 3.8) is 0 Å². The van der Waals surface area contributed by atoms with Gasteiger partial charge < -0.3 is 5.11 Å². The molecule has 3 heterocycles. The summed E-state index contributed by atoms with van der Waals surface area (Å²) < 4.78 is 3.11. The summed E-state index contributed by atoms with van der Waals surface area (Å²) in [5.41, 5.74) is 0.606. The van der Waals surface area contributed by atoms with Crippen LogP contribution in [0.15, 0.2) is 29.2 Å². The Morgan fingerprint density at radius 3 is 3.00 bits per heavy atom. The van der Waals surface area contributed by atoms with Gasteiger partial charge in [0.15, 0.2) is 5.65 Å². The van der Waals surface area contributed by atoms with Gasteiger partial charge in [-0.25, -0.2) is 9.48 Å². The van der Waals surface area contributed by atoms with Crippen molar-refractivity contribution in [3.8, 4) is 0 Å². The van der Waals surface area contributed by atoms with Gasteiger partial charge in [-0.1, -0.05) is 12.5 Å². The number of hydrogen-bond donors (Lipinski definition) is 1. The van der Waals surface area contributed by atoms with Crippen LogP contribution in [-0.2, 0) is 6.54 Å². The number of aromatic nitrogens is 3. The van der Waals surface area contributed by atoms with Gasteiger partial charge in [-0.2, -0.15) is 0 Å². The van der Waals surface area contributed by atoms with E-state index in [-0.39, 0.29) is 12.3 Å². The normalized spacial score (nSPS) is 20.1. The Balaban J connectivity index is 1.70. The van der Waals surface area contributed by atoms with E-state index in [9.17, 15) is 4.79 Å². The largest absolute Gasteiger partial charge is 0.396 e. The molecule has 0 radical (unpaired) electrons. The van der Waals surface area contributed by atoms with Crippen LogP contribution in [0.4, 0.5) is 0 Å². The highest BCUT2D eigenvalue weighted by Gasteiger charge is 2.21. The fourth-order valence-electron chi connectivity index (χ4n) is 3.17. The minimum absolute atomic E-state index is 0.0821. The Kier molecular flexibility index (Phi) is 4.36. The molecule has 114 valence electrons. The lowest BCUT2D eigenvalue weighted by Gasteiger charge is -2.35. The Bertz CT molecular complexity index is 646. The Hall–Kier alpha value is -1.66. The highest BCUT2D eigenvalue weighted by Crippen LogP contribution is 2.19. The second-order valence-corrected chi connectivity index (χ2v) is 5.63. The standard InChI is InChI=1S/C15H22N4O2/c20-12-7-13-5-1-3-8-17(13)10-11-19-15(21)18-9-4-2-6-14(18)16-19/h2,4,6,9,13,20H,1,3,5,7-8,10-12H2. The van der Waals surface area contributed by atoms with Crippen molar-refractivity contribution in [1.82, 2.24) is 19.1 Å². The van der Waals surface area contributed by atoms with E-state index in [4.69, 9.17) is 5.11 Å². The van der Waals surface area contributed by atoms with Crippen LogP contribution >= 0.6 is 0 Å². The molecule has 6 heteroatoms. The molecular weight excluding hydrogens is 268 g/mol. The quantitative estimate of drug-likeness (QED) is 0.882. The summed E-state index contributed by atoms with van der Waals surface area (Å²) in [6.45, 7) is 2.69. The van der Waals surface area contributed by atoms with Gasteiger partial charge in [0.25, 0.3) is 0 Å². The minimum atomic E-state index is -0.0821. The van der Waals surface area contributed by atoms with Crippen LogP contribution in [0.3, 0.4) is 0 Å². The predicted molar refractivity (Wildman–Crippen MR) is 80.4 cm³/mol. The minimum Gasteiger partial charge on any atom is -0.396 e. The summed E-state index contributed by atoms with van der Waals surface area (Å²) in [5, 5.41) is 13.5. The maximum atomic E-state index is 12.2. The van der Waals surface area contributed by atoms with Crippen LogP contribution in [0.25, 0.3) is 5.65 Å². The molecule has 0 bridgehead atoms. The van der Waals surface area contributed by atoms with Crippen molar-refractivity contribution < 1.29 is 5.11 Å². The molecule has 1 aliphatic heterocycles. The van der Waals surface area contributed by atoms with Crippen LogP contribution in [-0.4, -0.2) is 49.9 Å². The first kappa shape index (κ1) is 14.3. The lowest BCUT2D eigenvalue weighted by molar-refractivity contribution is 0.114. The molecule has 1 N–H and O–H groups in total. The summed E-state index contributed by atoms with van der Waals surface area (Å²) >= 11 is 0. The molecule has 0 spiro atoms. The van der Waals surface area contributed by atoms with E-state index >= 15 is 0 Å². The summed E-state index contributed by atoms with van der Waals surface area (Å²) in [5.74, 6) is 0. The molecule has 3 rings (SSSR count). The lowest BCUT2D eigenvalue weighted by atomic mass is 10.00. The van der Waals surface area contributed by atoms with Gasteiger partial charge >= 0.3 is 5.69 Å². The van der Waals surface area contributed by atoms with Crippen molar-refractivity contribution in [2.45, 2.75) is 38.3 Å². The van der Waals surface area contributed by atoms with Crippen LogP contribution in [0.5, 0.6) is 0 Å². The van der Waals surface area contributed by atoms with Crippen LogP contribution in [0, 0.1) is 0 Å². The first-order valence-electron chi connectivity index (χ1n) is 7.69. The number of pyridine rings is 1. The molecule has 6 nitrogen and oxygen atoms in total. The van der Waals surface area contributed by atoms with E-state index < -0.39 is 0 Å². The Morgan fingerprint density at radius 1 is 1.29 bits per heavy atom. The zero-order valence-corrected chi connectivity index (χ0v) is 12.2. The summed E-state index contributed by atoms with van der Waals surface area (Å²) in [4.78, 5) is 14.6. The molecule has 1 aliphatic rings. The smallest absolute Gasteiger partial charge is 0.350 e. The van der Waals surface area contributed by atoms with Gasteiger partial charge in [-0.05, 0) is 37.9 Å². The average molecular weight is 290 g/mol. The number of likely N-dealkylation sites (tertiary alicyclic amines) is 1. The number of hydrogen-bond acceptors (Lipinski definition) is 4. The zero-order chi connectivity index (χ0) is 14.7. The highest BCUT2D eigenvalue weighted by molar-refractivity contribution is 5.35. The SMILES string of the molecule is O=c1n(CCN2CCCCC2CCO)nc2ccccn12. The first-order chi connectivity index (χ1) is 10.3. The zero-order valence-electron chi connectivity index (χ0n) is 12.2. The maximum absolute atomic E-state index is 12.2. The van der Waals surface area contributed by atoms with Gasteiger partial charge in [0.1, 0.15) is 0 Å². The second kappa shape index (κ2) is 6.41. The average Bonchev–Trinajstić information content (AvgIpc) is 2.84. The third-order valence-corrected chi connectivity index (χ3v) is 4.30. The highest BCUT2D eigenvalue weighted by atomic mass is 16.3. The summed E-state index contributed by atoms with van der Waals surface area (Å²) in [6.07, 6.45) is 6.13. The Morgan fingerprint density at radius 2 is 2.19 bits per heavy atom. The van der Waals surface area contributed by atoms with E-state index in [2.05, 4.69) is 10.00 Å². The van der Waals surface area contributed by atoms with E-state index in [1.54, 1.807) is 15.3 Å². The molecule has 0 amide bonds. The first-order valence-corrected chi connectivity index (χ1v) is 7.69. The summed E-state index contributed by atoms with van der Waals surface area (Å²) in [7, 11) is 0. The van der Waals surface area contributed by atoms with Crippen molar-refractivity contribution in [3.05, 3.63) is 34.9 Å². The molecule has 1 unspecified atom stereocenters. The second-order valence-electron chi connectivity index (χ2n) is 5.63. The number of aliphatic hydroxyl groups is 1. The Labute approximate surface area is 123 Å². The van der Waals surface area contributed by atoms with Crippen molar-refractivity contribution in [2.75, 3.05) is 19.7 Å². The summed E-state index contributed by atoms with van der Waals surface area (Å²) in [6, 6.07) is 6.00. The van der Waals surface area contributed by atoms with Gasteiger partial charge in [0.2, 0.25) is 0 Å². The van der Waals surface area contributed by atoms with E-state index in [1.807, 2.05) is 18.2 Å². The van der Waals surface area contributed by atoms with Crippen molar-refractivity contribution in [2.24, 2.45) is 0 Å². The number of rotatable bonds is 5. The van der Waals surface area contributed by atoms with E-state index in [0.29, 0.717) is 18.2 Å². The molecule has 1 fully saturated rings. The van der Waals surface area contributed by atoms with Crippen molar-refractivity contribution in [1.29, 1.82) is 0 Å². The molecule has 0 aliphatic carbocycles. The molecule has 2 aromatic heterocycles. The van der Waals surface area contributed by atoms with E-state index in [0.717, 1.165) is 25.9 Å². The molecule has 1 atom stereocenters. The van der Waals surface area contributed by atoms with Gasteiger partial charge in [-0.3, -0.25) is 9.30 Å². The molecule has 2 aromatic rings. The molecule has 0 aromatic carbocycles. The van der Waals surface area contributed by atoms with Crippen LogP contribution < -0.4 is 5.69 Å². The fraction of sp³-hybridized carbons (Fsp3) is 0.600. The molecule has 1 saturated heterocycles. The van der Waals surface area contributed by atoms with Crippen molar-refractivity contribution >= 4 is 5.65 Å². The molecular formula is C15H22N4O2. The molecule has 21 heavy (non-hydrogen) atoms. The van der Waals surface area contributed by atoms with Gasteiger partial charge in [0.05, 0.1) is 6.54 Å². The predicted octanol–water partition coefficient (Wildman–Crippen LogP) is 0.733. The monoisotopic (exact) mass is 290 g/mol. The molecule has 0 saturated carbocycles. The lowest BCUT2D eigenvalue weighted by Crippen LogP contribution is -2.42. The van der Waals surface area contributed by atoms with Crippen LogP contribution in [0.2, 0.25) is 0 Å². The van der Waals surface area contributed by atoms with Gasteiger partial charge in [0, 0.05) is 25.4 Å². The maximum Gasteiger partial charge on any atom is 0.350 e. The topological polar surface area (TPSA) is 62.8 Å². The third-order valence-electron chi connectivity index (χ3n) is 4.30.